The number of fused-ring (bicyclic) bond motifs is 1. The van der Waals surface area contributed by atoms with Gasteiger partial charge in [-0.3, -0.25) is 14.5 Å². The van der Waals surface area contributed by atoms with Gasteiger partial charge < -0.3 is 29.5 Å². The third-order valence-corrected chi connectivity index (χ3v) is 13.0. The molecule has 3 N–H and O–H groups in total. The number of nitrogens with zero attached hydrogens (tertiary/aromatic N) is 3. The lowest BCUT2D eigenvalue weighted by molar-refractivity contribution is -0.141. The zero-order valence-corrected chi connectivity index (χ0v) is 34.7. The maximum atomic E-state index is 14.3. The van der Waals surface area contributed by atoms with Gasteiger partial charge in [-0.15, -0.1) is 0 Å². The molecule has 14 heteroatoms. The molecule has 6 rings (SSSR count). The Hall–Kier alpha value is -3.82. The number of amides is 2. The molecule has 3 aliphatic rings. The van der Waals surface area contributed by atoms with Crippen molar-refractivity contribution in [2.24, 2.45) is 5.92 Å². The predicted octanol–water partition coefficient (Wildman–Crippen LogP) is 5.60. The number of hydrogen-bond acceptors (Lipinski definition) is 10. The van der Waals surface area contributed by atoms with Crippen LogP contribution >= 0.6 is 0 Å². The molecule has 3 fully saturated rings. The summed E-state index contributed by atoms with van der Waals surface area (Å²) >= 11 is 0. The third-order valence-electron chi connectivity index (χ3n) is 11.1. The first-order valence-corrected chi connectivity index (χ1v) is 22.4. The molecule has 0 spiro atoms. The van der Waals surface area contributed by atoms with Gasteiger partial charge in [-0.2, -0.15) is 4.72 Å². The number of aliphatic hydroxyl groups excluding tert-OH is 1. The van der Waals surface area contributed by atoms with E-state index in [0.717, 1.165) is 43.3 Å². The second-order valence-electron chi connectivity index (χ2n) is 16.2. The molecule has 57 heavy (non-hydrogen) atoms. The fourth-order valence-corrected chi connectivity index (χ4v) is 9.20. The van der Waals surface area contributed by atoms with E-state index in [1.165, 1.54) is 6.42 Å². The molecule has 2 amide bonds. The molecule has 13 nitrogen and oxygen atoms in total. The number of aromatic nitrogens is 1. The Morgan fingerprint density at radius 2 is 1.77 bits per heavy atom. The highest BCUT2D eigenvalue weighted by molar-refractivity contribution is 7.90. The van der Waals surface area contributed by atoms with Crippen molar-refractivity contribution in [1.29, 1.82) is 0 Å². The van der Waals surface area contributed by atoms with Gasteiger partial charge in [0, 0.05) is 49.0 Å². The van der Waals surface area contributed by atoms with Crippen molar-refractivity contribution in [2.45, 2.75) is 127 Å². The Kier molecular flexibility index (Phi) is 14.8. The van der Waals surface area contributed by atoms with Crippen molar-refractivity contribution >= 4 is 32.7 Å². The van der Waals surface area contributed by atoms with Gasteiger partial charge in [-0.25, -0.2) is 13.4 Å². The van der Waals surface area contributed by atoms with Crippen LogP contribution in [0.2, 0.25) is 0 Å². The summed E-state index contributed by atoms with van der Waals surface area (Å²) in [6, 6.07) is 15.5. The van der Waals surface area contributed by atoms with E-state index in [2.05, 4.69) is 28.8 Å². The number of carbonyl (C=O) groups excluding carboxylic acids is 2. The average Bonchev–Trinajstić information content (AvgIpc) is 4.00. The van der Waals surface area contributed by atoms with Gasteiger partial charge in [0.05, 0.1) is 42.8 Å². The van der Waals surface area contributed by atoms with Crippen molar-refractivity contribution < 1.29 is 37.3 Å². The molecule has 3 aromatic rings. The van der Waals surface area contributed by atoms with Gasteiger partial charge in [-0.1, -0.05) is 70.4 Å². The van der Waals surface area contributed by atoms with E-state index in [-0.39, 0.29) is 31.5 Å². The molecular formula is C43H61N5O8S. The van der Waals surface area contributed by atoms with Gasteiger partial charge in [0.1, 0.15) is 36.1 Å². The minimum Gasteiger partial charge on any atom is -0.497 e. The van der Waals surface area contributed by atoms with E-state index in [4.69, 9.17) is 19.2 Å². The molecule has 5 atom stereocenters. The van der Waals surface area contributed by atoms with Crippen LogP contribution < -0.4 is 19.5 Å². The van der Waals surface area contributed by atoms with Crippen molar-refractivity contribution in [3.05, 3.63) is 54.6 Å². The second kappa shape index (κ2) is 19.8. The van der Waals surface area contributed by atoms with E-state index in [1.807, 2.05) is 61.5 Å². The molecular weight excluding hydrogens is 747 g/mol. The van der Waals surface area contributed by atoms with E-state index < -0.39 is 45.6 Å². The van der Waals surface area contributed by atoms with E-state index >= 15 is 0 Å². The number of nitrogens with one attached hydrogen (secondary N) is 2. The van der Waals surface area contributed by atoms with Crippen LogP contribution in [0.3, 0.4) is 0 Å². The van der Waals surface area contributed by atoms with Crippen LogP contribution in [0.5, 0.6) is 11.5 Å². The van der Waals surface area contributed by atoms with Crippen molar-refractivity contribution in [1.82, 2.24) is 24.8 Å². The minimum atomic E-state index is -3.72. The summed E-state index contributed by atoms with van der Waals surface area (Å²) in [4.78, 5) is 37.5. The predicted molar refractivity (Wildman–Crippen MR) is 220 cm³/mol. The van der Waals surface area contributed by atoms with Crippen LogP contribution in [0.1, 0.15) is 91.4 Å². The highest BCUT2D eigenvalue weighted by Gasteiger charge is 2.43. The lowest BCUT2D eigenvalue weighted by Gasteiger charge is -2.35. The number of piperidine rings is 1. The molecule has 2 aromatic carbocycles. The highest BCUT2D eigenvalue weighted by Crippen LogP contribution is 2.35. The molecule has 3 heterocycles. The monoisotopic (exact) mass is 807 g/mol. The first kappa shape index (κ1) is 42.8. The normalized spacial score (nSPS) is 20.7. The van der Waals surface area contributed by atoms with Gasteiger partial charge in [-0.05, 0) is 56.6 Å². The number of likely N-dealkylation sites (tertiary alicyclic amines) is 2. The number of carbonyl (C=O) groups is 2. The average molecular weight is 808 g/mol. The Labute approximate surface area is 337 Å². The van der Waals surface area contributed by atoms with Crippen LogP contribution in [0.15, 0.2) is 54.6 Å². The summed E-state index contributed by atoms with van der Waals surface area (Å²) in [5, 5.41) is 14.3. The summed E-state index contributed by atoms with van der Waals surface area (Å²) in [5.74, 6) is 0.914. The Balaban J connectivity index is 1.26. The fourth-order valence-electron chi connectivity index (χ4n) is 7.75. The molecule has 312 valence electrons. The zero-order valence-electron chi connectivity index (χ0n) is 33.9. The number of benzene rings is 2. The Morgan fingerprint density at radius 1 is 1.02 bits per heavy atom. The first-order chi connectivity index (χ1) is 27.4. The molecule has 2 saturated heterocycles. The lowest BCUT2D eigenvalue weighted by atomic mass is 10.1. The molecule has 0 bridgehead atoms. The highest BCUT2D eigenvalue weighted by atomic mass is 32.2. The molecule has 0 radical (unpaired) electrons. The van der Waals surface area contributed by atoms with Crippen LogP contribution in [-0.4, -0.2) is 109 Å². The SMILES string of the molecule is CCCC[C@@H](NC(=O)[C@@H]1CC(Oc2cc(-c3ccccc3)nc3cc(OC)ccc23)CN1C(=O)CCC(OCC(C)C)N1CCCCC1)C(O)NS(=O)(=O)C1CC1. The van der Waals surface area contributed by atoms with Crippen LogP contribution in [-0.2, 0) is 24.3 Å². The molecule has 3 unspecified atom stereocenters. The summed E-state index contributed by atoms with van der Waals surface area (Å²) in [6.45, 7) is 8.80. The smallest absolute Gasteiger partial charge is 0.243 e. The molecule has 1 aromatic heterocycles. The topological polar surface area (TPSA) is 160 Å². The van der Waals surface area contributed by atoms with Gasteiger partial charge in [0.2, 0.25) is 21.8 Å². The first-order valence-electron chi connectivity index (χ1n) is 20.8. The molecule has 1 saturated carbocycles. The van der Waals surface area contributed by atoms with Gasteiger partial charge >= 0.3 is 0 Å². The lowest BCUT2D eigenvalue weighted by Crippen LogP contribution is -2.56. The van der Waals surface area contributed by atoms with Crippen molar-refractivity contribution in [3.8, 4) is 22.8 Å². The van der Waals surface area contributed by atoms with Crippen molar-refractivity contribution in [3.63, 3.8) is 0 Å². The number of ether oxygens (including phenoxy) is 3. The molecule has 2 aliphatic heterocycles. The largest absolute Gasteiger partial charge is 0.497 e. The van der Waals surface area contributed by atoms with E-state index in [0.29, 0.717) is 67.3 Å². The number of rotatable bonds is 20. The van der Waals surface area contributed by atoms with Crippen LogP contribution in [0.25, 0.3) is 22.2 Å². The standard InChI is InChI=1S/C43H61N5O8S/c1-5-6-15-35(42(50)46-57(52,53)33-17-18-33)45-43(51)38-25-32(27-48(38)40(49)20-21-41(55-28-29(2)3)47-22-11-8-12-23-47)56-39-26-36(30-13-9-7-10-14-30)44-37-24-31(54-4)16-19-34(37)39/h7,9-10,13-14,16,19,24,26,29,32-33,35,38,41-42,46,50H,5-6,8,11-12,15,17-18,20-23,25,27-28H2,1-4H3,(H,45,51)/t32?,35-,38+,41?,42?/m1/s1. The maximum absolute atomic E-state index is 14.3. The van der Waals surface area contributed by atoms with E-state index in [9.17, 15) is 23.1 Å². The second-order valence-corrected chi connectivity index (χ2v) is 18.2. The molecule has 1 aliphatic carbocycles. The summed E-state index contributed by atoms with van der Waals surface area (Å²) in [6.07, 6.45) is 4.84. The van der Waals surface area contributed by atoms with Crippen LogP contribution in [0, 0.1) is 5.92 Å². The maximum Gasteiger partial charge on any atom is 0.243 e. The summed E-state index contributed by atoms with van der Waals surface area (Å²) < 4.78 is 46.6. The number of sulfonamides is 1. The van der Waals surface area contributed by atoms with E-state index in [1.54, 1.807) is 12.0 Å². The van der Waals surface area contributed by atoms with Crippen molar-refractivity contribution in [2.75, 3.05) is 33.4 Å². The number of methoxy groups -OCH3 is 1. The number of aliphatic hydroxyl groups is 1. The summed E-state index contributed by atoms with van der Waals surface area (Å²) in [7, 11) is -2.12. The Bertz CT molecular complexity index is 1900. The summed E-state index contributed by atoms with van der Waals surface area (Å²) in [5.41, 5.74) is 2.29. The fraction of sp³-hybridized carbons (Fsp3) is 0.605. The van der Waals surface area contributed by atoms with Crippen LogP contribution in [0.4, 0.5) is 0 Å². The number of pyridine rings is 1. The third kappa shape index (κ3) is 11.4. The number of unbranched alkanes of at least 4 members (excludes halogenated alkanes) is 1. The minimum absolute atomic E-state index is 0.162. The van der Waals surface area contributed by atoms with Gasteiger partial charge in [0.15, 0.2) is 0 Å². The number of hydrogen-bond donors (Lipinski definition) is 3. The Morgan fingerprint density at radius 3 is 2.46 bits per heavy atom. The quantitative estimate of drug-likeness (QED) is 0.123. The van der Waals surface area contributed by atoms with Gasteiger partial charge in [0.25, 0.3) is 0 Å². The zero-order chi connectivity index (χ0) is 40.5.